The zero-order valence-electron chi connectivity index (χ0n) is 19.2. The van der Waals surface area contributed by atoms with Crippen LogP contribution in [0.2, 0.25) is 0 Å². The SMILES string of the molecule is C1COCCOCCOCCOCCO1.C1COCCOCCOCCOCCO1.[K+]. The average molecular weight is 480 g/mol. The normalized spacial score (nSPS) is 23.2. The minimum atomic E-state index is 0. The molecule has 2 aliphatic heterocycles. The van der Waals surface area contributed by atoms with E-state index in [1.54, 1.807) is 0 Å². The summed E-state index contributed by atoms with van der Waals surface area (Å²) in [6, 6.07) is 0. The summed E-state index contributed by atoms with van der Waals surface area (Å²) in [5.74, 6) is 0. The summed E-state index contributed by atoms with van der Waals surface area (Å²) in [7, 11) is 0. The Morgan fingerprint density at radius 3 is 0.290 bits per heavy atom. The molecule has 2 rings (SSSR count). The second-order valence-corrected chi connectivity index (χ2v) is 6.12. The van der Waals surface area contributed by atoms with E-state index in [1.807, 2.05) is 0 Å². The van der Waals surface area contributed by atoms with E-state index in [9.17, 15) is 0 Å². The van der Waals surface area contributed by atoms with Crippen LogP contribution in [0.1, 0.15) is 0 Å². The van der Waals surface area contributed by atoms with E-state index in [-0.39, 0.29) is 51.4 Å². The molecule has 0 unspecified atom stereocenters. The third-order valence-electron chi connectivity index (χ3n) is 3.72. The number of hydrogen-bond donors (Lipinski definition) is 0. The van der Waals surface area contributed by atoms with Crippen molar-refractivity contribution in [3.05, 3.63) is 0 Å². The first-order chi connectivity index (χ1) is 15.0. The first kappa shape index (κ1) is 32.2. The maximum atomic E-state index is 5.28. The maximum Gasteiger partial charge on any atom is 1.00 e. The fourth-order valence-electron chi connectivity index (χ4n) is 2.20. The Kier molecular flexibility index (Phi) is 30.4. The van der Waals surface area contributed by atoms with Crippen molar-refractivity contribution in [2.24, 2.45) is 0 Å². The standard InChI is InChI=1S/2C10H20O5.K/c2*1-2-12-5-6-14-9-10-15-8-7-13-4-3-11-1;/h2*1-10H2;/q;;+1. The molecule has 0 aromatic heterocycles. The molecule has 0 bridgehead atoms. The molecule has 10 nitrogen and oxygen atoms in total. The summed E-state index contributed by atoms with van der Waals surface area (Å²) in [5.41, 5.74) is 0. The third kappa shape index (κ3) is 27.4. The van der Waals surface area contributed by atoms with Gasteiger partial charge in [-0.25, -0.2) is 0 Å². The monoisotopic (exact) mass is 479 g/mol. The summed E-state index contributed by atoms with van der Waals surface area (Å²) in [6.07, 6.45) is 0. The fourth-order valence-corrected chi connectivity index (χ4v) is 2.20. The molecule has 2 saturated heterocycles. The van der Waals surface area contributed by atoms with Crippen molar-refractivity contribution in [3.8, 4) is 0 Å². The quantitative estimate of drug-likeness (QED) is 0.339. The average Bonchev–Trinajstić information content (AvgIpc) is 2.78. The summed E-state index contributed by atoms with van der Waals surface area (Å²) in [6.45, 7) is 12.2. The molecule has 0 aromatic rings. The molecule has 2 fully saturated rings. The number of rotatable bonds is 0. The molecule has 2 aliphatic rings. The Labute approximate surface area is 229 Å². The van der Waals surface area contributed by atoms with E-state index in [0.29, 0.717) is 132 Å². The van der Waals surface area contributed by atoms with Crippen LogP contribution in [0.3, 0.4) is 0 Å². The van der Waals surface area contributed by atoms with Crippen molar-refractivity contribution >= 4 is 0 Å². The van der Waals surface area contributed by atoms with Crippen LogP contribution in [0.15, 0.2) is 0 Å². The maximum absolute atomic E-state index is 5.28. The van der Waals surface area contributed by atoms with Gasteiger partial charge in [-0.3, -0.25) is 0 Å². The van der Waals surface area contributed by atoms with Crippen LogP contribution < -0.4 is 51.4 Å². The van der Waals surface area contributed by atoms with Gasteiger partial charge in [0.15, 0.2) is 0 Å². The summed E-state index contributed by atoms with van der Waals surface area (Å²) in [4.78, 5) is 0. The molecule has 180 valence electrons. The zero-order chi connectivity index (χ0) is 21.2. The molecule has 31 heavy (non-hydrogen) atoms. The molecule has 0 aromatic carbocycles. The van der Waals surface area contributed by atoms with Gasteiger partial charge in [0.1, 0.15) is 0 Å². The molecular weight excluding hydrogens is 439 g/mol. The smallest absolute Gasteiger partial charge is 0.377 e. The first-order valence-electron chi connectivity index (χ1n) is 10.8. The summed E-state index contributed by atoms with van der Waals surface area (Å²) < 4.78 is 52.8. The third-order valence-corrected chi connectivity index (χ3v) is 3.72. The van der Waals surface area contributed by atoms with Crippen LogP contribution >= 0.6 is 0 Å². The number of ether oxygens (including phenoxy) is 10. The molecular formula is C20H40KO10+. The predicted molar refractivity (Wildman–Crippen MR) is 108 cm³/mol. The van der Waals surface area contributed by atoms with E-state index in [2.05, 4.69) is 0 Å². The van der Waals surface area contributed by atoms with Crippen molar-refractivity contribution in [3.63, 3.8) is 0 Å². The molecule has 0 spiro atoms. The van der Waals surface area contributed by atoms with Crippen LogP contribution in [0.5, 0.6) is 0 Å². The molecule has 0 atom stereocenters. The molecule has 0 radical (unpaired) electrons. The van der Waals surface area contributed by atoms with E-state index in [0.717, 1.165) is 0 Å². The van der Waals surface area contributed by atoms with Gasteiger partial charge in [-0.2, -0.15) is 0 Å². The Morgan fingerprint density at radius 2 is 0.226 bits per heavy atom. The molecule has 0 saturated carbocycles. The predicted octanol–water partition coefficient (Wildman–Crippen LogP) is -2.83. The van der Waals surface area contributed by atoms with E-state index < -0.39 is 0 Å². The molecule has 2 heterocycles. The van der Waals surface area contributed by atoms with E-state index in [4.69, 9.17) is 47.4 Å². The van der Waals surface area contributed by atoms with Gasteiger partial charge in [0.25, 0.3) is 0 Å². The van der Waals surface area contributed by atoms with Gasteiger partial charge in [-0.15, -0.1) is 0 Å². The summed E-state index contributed by atoms with van der Waals surface area (Å²) in [5, 5.41) is 0. The van der Waals surface area contributed by atoms with E-state index >= 15 is 0 Å². The Morgan fingerprint density at radius 1 is 0.161 bits per heavy atom. The molecule has 11 heteroatoms. The van der Waals surface area contributed by atoms with Gasteiger partial charge >= 0.3 is 51.4 Å². The van der Waals surface area contributed by atoms with Crippen LogP contribution in [0.4, 0.5) is 0 Å². The zero-order valence-corrected chi connectivity index (χ0v) is 22.3. The van der Waals surface area contributed by atoms with Crippen LogP contribution in [-0.4, -0.2) is 132 Å². The van der Waals surface area contributed by atoms with E-state index in [1.165, 1.54) is 0 Å². The van der Waals surface area contributed by atoms with Crippen LogP contribution in [-0.2, 0) is 47.4 Å². The molecule has 0 amide bonds. The van der Waals surface area contributed by atoms with Crippen LogP contribution in [0.25, 0.3) is 0 Å². The van der Waals surface area contributed by atoms with Gasteiger partial charge in [-0.05, 0) is 0 Å². The van der Waals surface area contributed by atoms with Crippen molar-refractivity contribution in [2.75, 3.05) is 132 Å². The Balaban J connectivity index is 0.000000562. The van der Waals surface area contributed by atoms with Crippen molar-refractivity contribution in [1.29, 1.82) is 0 Å². The van der Waals surface area contributed by atoms with Crippen molar-refractivity contribution < 1.29 is 98.8 Å². The van der Waals surface area contributed by atoms with Crippen LogP contribution in [0, 0.1) is 0 Å². The minimum absolute atomic E-state index is 0. The molecule has 0 aliphatic carbocycles. The molecule has 0 N–H and O–H groups in total. The first-order valence-corrected chi connectivity index (χ1v) is 10.8. The van der Waals surface area contributed by atoms with Gasteiger partial charge in [0.2, 0.25) is 0 Å². The topological polar surface area (TPSA) is 92.3 Å². The van der Waals surface area contributed by atoms with Gasteiger partial charge in [-0.1, -0.05) is 0 Å². The van der Waals surface area contributed by atoms with Gasteiger partial charge < -0.3 is 47.4 Å². The Hall–Kier alpha value is 1.24. The van der Waals surface area contributed by atoms with Gasteiger partial charge in [0, 0.05) is 0 Å². The summed E-state index contributed by atoms with van der Waals surface area (Å²) >= 11 is 0. The number of hydrogen-bond acceptors (Lipinski definition) is 10. The van der Waals surface area contributed by atoms with Crippen molar-refractivity contribution in [2.45, 2.75) is 0 Å². The largest absolute Gasteiger partial charge is 1.00 e. The Bertz CT molecular complexity index is 181. The second-order valence-electron chi connectivity index (χ2n) is 6.12. The fraction of sp³-hybridized carbons (Fsp3) is 1.00. The van der Waals surface area contributed by atoms with Gasteiger partial charge in [0.05, 0.1) is 132 Å². The second kappa shape index (κ2) is 29.3. The van der Waals surface area contributed by atoms with Crippen molar-refractivity contribution in [1.82, 2.24) is 0 Å². The minimum Gasteiger partial charge on any atom is -0.377 e.